The Bertz CT molecular complexity index is 564. The molecule has 1 atom stereocenters. The second-order valence-corrected chi connectivity index (χ2v) is 6.75. The van der Waals surface area contributed by atoms with Gasteiger partial charge in [0.15, 0.2) is 11.5 Å². The Kier molecular flexibility index (Phi) is 9.78. The Morgan fingerprint density at radius 2 is 1.59 bits per heavy atom. The molecular weight excluding hydrogens is 346 g/mol. The van der Waals surface area contributed by atoms with Gasteiger partial charge in [-0.1, -0.05) is 27.7 Å². The number of hydrogen-bond acceptors (Lipinski definition) is 5. The van der Waals surface area contributed by atoms with E-state index in [9.17, 15) is 4.79 Å². The molecule has 0 saturated carbocycles. The van der Waals surface area contributed by atoms with Crippen LogP contribution in [0.5, 0.6) is 17.2 Å². The van der Waals surface area contributed by atoms with Gasteiger partial charge < -0.3 is 24.8 Å². The molecule has 0 heterocycles. The lowest BCUT2D eigenvalue weighted by molar-refractivity contribution is 0.186. The summed E-state index contributed by atoms with van der Waals surface area (Å²) in [5.74, 6) is 2.04. The number of carbonyl (C=O) groups is 1. The molecule has 0 aliphatic rings. The Balaban J connectivity index is 2.80. The zero-order valence-corrected chi connectivity index (χ0v) is 17.7. The zero-order chi connectivity index (χ0) is 20.4. The van der Waals surface area contributed by atoms with Gasteiger partial charge in [-0.05, 0) is 25.4 Å². The molecule has 7 nitrogen and oxygen atoms in total. The number of nitrogens with one attached hydrogen (secondary N) is 2. The van der Waals surface area contributed by atoms with Crippen LogP contribution in [0, 0.1) is 5.92 Å². The minimum absolute atomic E-state index is 0.259. The van der Waals surface area contributed by atoms with Crippen molar-refractivity contribution in [3.8, 4) is 17.2 Å². The van der Waals surface area contributed by atoms with Gasteiger partial charge >= 0.3 is 6.03 Å². The highest BCUT2D eigenvalue weighted by Gasteiger charge is 2.19. The summed E-state index contributed by atoms with van der Waals surface area (Å²) < 4.78 is 15.9. The van der Waals surface area contributed by atoms with Crippen LogP contribution in [0.4, 0.5) is 10.5 Å². The van der Waals surface area contributed by atoms with Crippen LogP contribution >= 0.6 is 0 Å². The number of likely N-dealkylation sites (N-methyl/N-ethyl adjacent to an activating group) is 1. The third-order valence-corrected chi connectivity index (χ3v) is 4.49. The molecule has 0 fully saturated rings. The van der Waals surface area contributed by atoms with Gasteiger partial charge in [-0.2, -0.15) is 0 Å². The quantitative estimate of drug-likeness (QED) is 0.613. The largest absolute Gasteiger partial charge is 0.493 e. The normalized spacial score (nSPS) is 12.0. The Labute approximate surface area is 163 Å². The number of ether oxygens (including phenoxy) is 3. The Morgan fingerprint density at radius 3 is 2.00 bits per heavy atom. The van der Waals surface area contributed by atoms with Crippen LogP contribution in [0.2, 0.25) is 0 Å². The minimum atomic E-state index is -0.259. The van der Waals surface area contributed by atoms with E-state index in [2.05, 4.69) is 43.2 Å². The number of rotatable bonds is 11. The molecule has 0 radical (unpaired) electrons. The fourth-order valence-corrected chi connectivity index (χ4v) is 3.18. The van der Waals surface area contributed by atoms with E-state index >= 15 is 0 Å². The van der Waals surface area contributed by atoms with Crippen molar-refractivity contribution >= 4 is 11.7 Å². The van der Waals surface area contributed by atoms with Crippen LogP contribution in [0.1, 0.15) is 34.1 Å². The minimum Gasteiger partial charge on any atom is -0.493 e. The van der Waals surface area contributed by atoms with Crippen molar-refractivity contribution in [1.82, 2.24) is 10.2 Å². The Hall–Kier alpha value is -2.15. The molecule has 7 heteroatoms. The molecule has 1 aromatic carbocycles. The maximum Gasteiger partial charge on any atom is 0.319 e. The van der Waals surface area contributed by atoms with Crippen molar-refractivity contribution in [3.05, 3.63) is 12.1 Å². The van der Waals surface area contributed by atoms with Crippen molar-refractivity contribution in [2.75, 3.05) is 46.3 Å². The SMILES string of the molecule is CCN(CC)C(CNC(=O)Nc1cc(OC)c(OC)c(OC)c1)CC(C)C. The van der Waals surface area contributed by atoms with Crippen molar-refractivity contribution in [1.29, 1.82) is 0 Å². The lowest BCUT2D eigenvalue weighted by Crippen LogP contribution is -2.45. The van der Waals surface area contributed by atoms with Crippen molar-refractivity contribution in [2.45, 2.75) is 40.2 Å². The van der Waals surface area contributed by atoms with Gasteiger partial charge in [-0.15, -0.1) is 0 Å². The summed E-state index contributed by atoms with van der Waals surface area (Å²) in [6, 6.07) is 3.46. The molecule has 27 heavy (non-hydrogen) atoms. The van der Waals surface area contributed by atoms with Crippen LogP contribution in [-0.4, -0.2) is 57.9 Å². The van der Waals surface area contributed by atoms with Gasteiger partial charge in [0.2, 0.25) is 5.75 Å². The molecule has 2 amide bonds. The van der Waals surface area contributed by atoms with Gasteiger partial charge in [-0.25, -0.2) is 4.79 Å². The van der Waals surface area contributed by atoms with Gasteiger partial charge in [0.25, 0.3) is 0 Å². The molecule has 154 valence electrons. The van der Waals surface area contributed by atoms with Gasteiger partial charge in [0, 0.05) is 24.7 Å². The second kappa shape index (κ2) is 11.5. The molecule has 0 saturated heterocycles. The maximum atomic E-state index is 12.4. The van der Waals surface area contributed by atoms with E-state index in [1.807, 2.05) is 0 Å². The van der Waals surface area contributed by atoms with E-state index in [1.54, 1.807) is 33.5 Å². The number of nitrogens with zero attached hydrogens (tertiary/aromatic N) is 1. The molecule has 0 aliphatic carbocycles. The van der Waals surface area contributed by atoms with E-state index in [-0.39, 0.29) is 6.03 Å². The zero-order valence-electron chi connectivity index (χ0n) is 17.7. The number of anilines is 1. The predicted octanol–water partition coefficient (Wildman–Crippen LogP) is 3.59. The van der Waals surface area contributed by atoms with E-state index < -0.39 is 0 Å². The predicted molar refractivity (Wildman–Crippen MR) is 109 cm³/mol. The van der Waals surface area contributed by atoms with E-state index in [4.69, 9.17) is 14.2 Å². The van der Waals surface area contributed by atoms with E-state index in [0.717, 1.165) is 19.5 Å². The number of methoxy groups -OCH3 is 3. The van der Waals surface area contributed by atoms with Crippen LogP contribution in [0.3, 0.4) is 0 Å². The summed E-state index contributed by atoms with van der Waals surface area (Å²) in [6.45, 7) is 11.2. The van der Waals surface area contributed by atoms with E-state index in [1.165, 1.54) is 0 Å². The third kappa shape index (κ3) is 6.82. The molecule has 0 spiro atoms. The molecule has 2 N–H and O–H groups in total. The van der Waals surface area contributed by atoms with Crippen LogP contribution in [0.25, 0.3) is 0 Å². The first-order chi connectivity index (χ1) is 12.9. The average molecular weight is 382 g/mol. The van der Waals surface area contributed by atoms with Crippen LogP contribution < -0.4 is 24.8 Å². The smallest absolute Gasteiger partial charge is 0.319 e. The summed E-state index contributed by atoms with van der Waals surface area (Å²) in [4.78, 5) is 14.8. The van der Waals surface area contributed by atoms with Gasteiger partial charge in [0.1, 0.15) is 0 Å². The first-order valence-corrected chi connectivity index (χ1v) is 9.48. The van der Waals surface area contributed by atoms with E-state index in [0.29, 0.717) is 41.4 Å². The maximum absolute atomic E-state index is 12.4. The standard InChI is InChI=1S/C20H35N3O4/c1-8-23(9-2)16(10-14(3)4)13-21-20(24)22-15-11-17(25-5)19(27-7)18(12-15)26-6/h11-12,14,16H,8-10,13H2,1-7H3,(H2,21,22,24). The molecule has 1 rings (SSSR count). The number of urea groups is 1. The molecule has 0 aromatic heterocycles. The van der Waals surface area contributed by atoms with Crippen LogP contribution in [-0.2, 0) is 0 Å². The number of hydrogen-bond donors (Lipinski definition) is 2. The highest BCUT2D eigenvalue weighted by Crippen LogP contribution is 2.39. The third-order valence-electron chi connectivity index (χ3n) is 4.49. The number of benzene rings is 1. The van der Waals surface area contributed by atoms with Crippen molar-refractivity contribution in [2.24, 2.45) is 5.92 Å². The Morgan fingerprint density at radius 1 is 1.04 bits per heavy atom. The van der Waals surface area contributed by atoms with Crippen molar-refractivity contribution in [3.63, 3.8) is 0 Å². The molecular formula is C20H35N3O4. The van der Waals surface area contributed by atoms with Crippen LogP contribution in [0.15, 0.2) is 12.1 Å². The van der Waals surface area contributed by atoms with Gasteiger partial charge in [-0.3, -0.25) is 4.90 Å². The summed E-state index contributed by atoms with van der Waals surface area (Å²) in [6.07, 6.45) is 1.03. The summed E-state index contributed by atoms with van der Waals surface area (Å²) in [7, 11) is 4.63. The fourth-order valence-electron chi connectivity index (χ4n) is 3.18. The number of carbonyl (C=O) groups excluding carboxylic acids is 1. The highest BCUT2D eigenvalue weighted by atomic mass is 16.5. The monoisotopic (exact) mass is 381 g/mol. The first kappa shape index (κ1) is 22.9. The van der Waals surface area contributed by atoms with Gasteiger partial charge in [0.05, 0.1) is 27.0 Å². The lowest BCUT2D eigenvalue weighted by Gasteiger charge is -2.31. The number of amides is 2. The second-order valence-electron chi connectivity index (χ2n) is 6.75. The summed E-state index contributed by atoms with van der Waals surface area (Å²) >= 11 is 0. The molecule has 0 bridgehead atoms. The average Bonchev–Trinajstić information content (AvgIpc) is 2.65. The molecule has 1 aromatic rings. The molecule has 1 unspecified atom stereocenters. The lowest BCUT2D eigenvalue weighted by atomic mass is 10.0. The topological polar surface area (TPSA) is 72.1 Å². The summed E-state index contributed by atoms with van der Waals surface area (Å²) in [5.41, 5.74) is 0.574. The van der Waals surface area contributed by atoms with Crippen molar-refractivity contribution < 1.29 is 19.0 Å². The molecule has 0 aliphatic heterocycles. The summed E-state index contributed by atoms with van der Waals surface area (Å²) in [5, 5.41) is 5.83. The highest BCUT2D eigenvalue weighted by molar-refractivity contribution is 5.90. The first-order valence-electron chi connectivity index (χ1n) is 9.48. The fraction of sp³-hybridized carbons (Fsp3) is 0.650.